The van der Waals surface area contributed by atoms with Crippen LogP contribution in [0.25, 0.3) is 0 Å². The van der Waals surface area contributed by atoms with Crippen molar-refractivity contribution in [3.63, 3.8) is 0 Å². The Morgan fingerprint density at radius 3 is 2.39 bits per heavy atom. The van der Waals surface area contributed by atoms with E-state index in [1.165, 1.54) is 4.90 Å². The van der Waals surface area contributed by atoms with E-state index in [-0.39, 0.29) is 24.5 Å². The van der Waals surface area contributed by atoms with Gasteiger partial charge in [-0.15, -0.1) is 0 Å². The van der Waals surface area contributed by atoms with Crippen molar-refractivity contribution < 1.29 is 19.1 Å². The predicted octanol–water partition coefficient (Wildman–Crippen LogP) is 4.77. The highest BCUT2D eigenvalue weighted by atomic mass is 16.6. The lowest BCUT2D eigenvalue weighted by Crippen LogP contribution is -2.44. The molecule has 0 N–H and O–H groups in total. The molecule has 1 saturated heterocycles. The fraction of sp³-hybridized carbons (Fsp3) is 0.385. The molecule has 31 heavy (non-hydrogen) atoms. The monoisotopic (exact) mass is 419 g/mol. The van der Waals surface area contributed by atoms with Gasteiger partial charge in [0.05, 0.1) is 19.3 Å². The minimum Gasteiger partial charge on any atom is -0.447 e. The third-order valence-electron chi connectivity index (χ3n) is 5.90. The second-order valence-electron chi connectivity index (χ2n) is 8.28. The fourth-order valence-electron chi connectivity index (χ4n) is 4.07. The predicted molar refractivity (Wildman–Crippen MR) is 118 cm³/mol. The first-order valence-corrected chi connectivity index (χ1v) is 11.0. The van der Waals surface area contributed by atoms with Gasteiger partial charge in [-0.05, 0) is 42.7 Å². The molecule has 0 radical (unpaired) electrons. The maximum atomic E-state index is 13.3. The zero-order chi connectivity index (χ0) is 21.5. The van der Waals surface area contributed by atoms with E-state index < -0.39 is 6.09 Å². The Morgan fingerprint density at radius 2 is 1.71 bits per heavy atom. The molecule has 2 aromatic carbocycles. The molecule has 1 aliphatic carbocycles. The standard InChI is InChI=1S/C26H29NO4/c28-25(27-23(19-31-26(27)29)17-20-9-3-1-4-10-20)24(22-14-15-22)13-7-8-16-30-18-21-11-5-2-6-12-21/h1-12,22-24H,13-19H2/b8-7+/t23-,24-/m0/s1. The van der Waals surface area contributed by atoms with Crippen LogP contribution in [0.4, 0.5) is 4.79 Å². The Hall–Kier alpha value is -2.92. The molecule has 1 saturated carbocycles. The average Bonchev–Trinajstić information content (AvgIpc) is 3.57. The molecular weight excluding hydrogens is 390 g/mol. The molecule has 5 nitrogen and oxygen atoms in total. The number of cyclic esters (lactones) is 1. The number of hydrogen-bond donors (Lipinski definition) is 0. The highest BCUT2D eigenvalue weighted by molar-refractivity contribution is 5.95. The second-order valence-corrected chi connectivity index (χ2v) is 8.28. The Bertz CT molecular complexity index is 892. The lowest BCUT2D eigenvalue weighted by Gasteiger charge is -2.24. The normalized spacial score (nSPS) is 19.5. The number of imide groups is 1. The van der Waals surface area contributed by atoms with E-state index in [1.807, 2.05) is 72.8 Å². The molecule has 2 amide bonds. The quantitative estimate of drug-likeness (QED) is 0.411. The van der Waals surface area contributed by atoms with Gasteiger partial charge in [-0.3, -0.25) is 4.79 Å². The molecule has 0 aromatic heterocycles. The Morgan fingerprint density at radius 1 is 1.03 bits per heavy atom. The Balaban J connectivity index is 1.31. The minimum absolute atomic E-state index is 0.0965. The molecule has 2 aromatic rings. The van der Waals surface area contributed by atoms with Crippen LogP contribution in [0.15, 0.2) is 72.8 Å². The third-order valence-corrected chi connectivity index (χ3v) is 5.90. The van der Waals surface area contributed by atoms with Crippen LogP contribution < -0.4 is 0 Å². The van der Waals surface area contributed by atoms with Crippen molar-refractivity contribution in [1.29, 1.82) is 0 Å². The smallest absolute Gasteiger partial charge is 0.416 e. The lowest BCUT2D eigenvalue weighted by atomic mass is 9.96. The summed E-state index contributed by atoms with van der Waals surface area (Å²) >= 11 is 0. The number of nitrogens with zero attached hydrogens (tertiary/aromatic N) is 1. The molecule has 1 aliphatic heterocycles. The molecule has 4 rings (SSSR count). The van der Waals surface area contributed by atoms with Gasteiger partial charge >= 0.3 is 6.09 Å². The van der Waals surface area contributed by atoms with Crippen molar-refractivity contribution in [3.8, 4) is 0 Å². The molecule has 5 heteroatoms. The van der Waals surface area contributed by atoms with Crippen molar-refractivity contribution in [1.82, 2.24) is 4.90 Å². The zero-order valence-corrected chi connectivity index (χ0v) is 17.7. The van der Waals surface area contributed by atoms with E-state index in [0.29, 0.717) is 32.0 Å². The summed E-state index contributed by atoms with van der Waals surface area (Å²) in [6.07, 6.45) is 6.81. The van der Waals surface area contributed by atoms with E-state index >= 15 is 0 Å². The van der Waals surface area contributed by atoms with Gasteiger partial charge in [-0.25, -0.2) is 9.69 Å². The van der Waals surface area contributed by atoms with Crippen molar-refractivity contribution in [2.45, 2.75) is 38.3 Å². The Kier molecular flexibility index (Phi) is 7.15. The molecule has 0 spiro atoms. The van der Waals surface area contributed by atoms with Crippen LogP contribution in [-0.2, 0) is 27.3 Å². The molecule has 0 unspecified atom stereocenters. The van der Waals surface area contributed by atoms with E-state index in [0.717, 1.165) is 24.0 Å². The van der Waals surface area contributed by atoms with Crippen LogP contribution in [0.2, 0.25) is 0 Å². The number of hydrogen-bond acceptors (Lipinski definition) is 4. The van der Waals surface area contributed by atoms with Gasteiger partial charge in [-0.1, -0.05) is 72.8 Å². The van der Waals surface area contributed by atoms with Crippen LogP contribution in [0.3, 0.4) is 0 Å². The summed E-state index contributed by atoms with van der Waals surface area (Å²) in [6.45, 7) is 1.33. The number of carbonyl (C=O) groups is 2. The van der Waals surface area contributed by atoms with Gasteiger partial charge in [0.25, 0.3) is 0 Å². The number of carbonyl (C=O) groups excluding carboxylic acids is 2. The summed E-state index contributed by atoms with van der Waals surface area (Å²) in [5.74, 6) is 0.0863. The fourth-order valence-corrected chi connectivity index (χ4v) is 4.07. The van der Waals surface area contributed by atoms with Gasteiger partial charge in [0.15, 0.2) is 0 Å². The molecule has 1 heterocycles. The number of allylic oxidation sites excluding steroid dienone is 1. The van der Waals surface area contributed by atoms with Gasteiger partial charge in [0.2, 0.25) is 5.91 Å². The highest BCUT2D eigenvalue weighted by Crippen LogP contribution is 2.40. The van der Waals surface area contributed by atoms with Gasteiger partial charge in [0, 0.05) is 5.92 Å². The topological polar surface area (TPSA) is 55.8 Å². The van der Waals surface area contributed by atoms with E-state index in [4.69, 9.17) is 9.47 Å². The highest BCUT2D eigenvalue weighted by Gasteiger charge is 2.44. The van der Waals surface area contributed by atoms with Crippen LogP contribution in [0, 0.1) is 11.8 Å². The Labute approximate surface area is 183 Å². The van der Waals surface area contributed by atoms with Crippen molar-refractivity contribution >= 4 is 12.0 Å². The van der Waals surface area contributed by atoms with E-state index in [1.54, 1.807) is 0 Å². The van der Waals surface area contributed by atoms with E-state index in [2.05, 4.69) is 0 Å². The number of amides is 2. The van der Waals surface area contributed by atoms with Crippen LogP contribution in [0.5, 0.6) is 0 Å². The van der Waals surface area contributed by atoms with E-state index in [9.17, 15) is 9.59 Å². The summed E-state index contributed by atoms with van der Waals surface area (Å²) in [4.78, 5) is 27.0. The van der Waals surface area contributed by atoms with Crippen LogP contribution in [0.1, 0.15) is 30.4 Å². The third kappa shape index (κ3) is 5.82. The van der Waals surface area contributed by atoms with Crippen molar-refractivity contribution in [3.05, 3.63) is 83.9 Å². The van der Waals surface area contributed by atoms with Crippen LogP contribution in [-0.4, -0.2) is 36.2 Å². The summed E-state index contributed by atoms with van der Waals surface area (Å²) in [5, 5.41) is 0. The molecule has 2 aliphatic rings. The first-order chi connectivity index (χ1) is 15.2. The number of rotatable bonds is 10. The van der Waals surface area contributed by atoms with Crippen molar-refractivity contribution in [2.24, 2.45) is 11.8 Å². The summed E-state index contributed by atoms with van der Waals surface area (Å²) < 4.78 is 10.9. The van der Waals surface area contributed by atoms with Gasteiger partial charge in [0.1, 0.15) is 6.61 Å². The summed E-state index contributed by atoms with van der Waals surface area (Å²) in [6, 6.07) is 19.7. The zero-order valence-electron chi connectivity index (χ0n) is 17.7. The second kappa shape index (κ2) is 10.4. The number of ether oxygens (including phenoxy) is 2. The minimum atomic E-state index is -0.508. The number of benzene rings is 2. The van der Waals surface area contributed by atoms with Gasteiger partial charge < -0.3 is 9.47 Å². The maximum Gasteiger partial charge on any atom is 0.416 e. The summed E-state index contributed by atoms with van der Waals surface area (Å²) in [5.41, 5.74) is 2.24. The SMILES string of the molecule is O=C1OC[C@H](Cc2ccccc2)N1C(=O)[C@@H](C/C=C/COCc1ccccc1)C1CC1. The largest absolute Gasteiger partial charge is 0.447 e. The molecule has 2 atom stereocenters. The first-order valence-electron chi connectivity index (χ1n) is 11.0. The molecule has 0 bridgehead atoms. The van der Waals surface area contributed by atoms with Gasteiger partial charge in [-0.2, -0.15) is 0 Å². The first kappa shape index (κ1) is 21.3. The average molecular weight is 420 g/mol. The molecule has 162 valence electrons. The summed E-state index contributed by atoms with van der Waals surface area (Å²) in [7, 11) is 0. The van der Waals surface area contributed by atoms with Crippen molar-refractivity contribution in [2.75, 3.05) is 13.2 Å². The maximum absolute atomic E-state index is 13.3. The van der Waals surface area contributed by atoms with Crippen LogP contribution >= 0.6 is 0 Å². The lowest BCUT2D eigenvalue weighted by molar-refractivity contribution is -0.134. The molecule has 2 fully saturated rings. The molecular formula is C26H29NO4.